The van der Waals surface area contributed by atoms with Gasteiger partial charge in [0.25, 0.3) is 0 Å². The Bertz CT molecular complexity index is 542. The summed E-state index contributed by atoms with van der Waals surface area (Å²) >= 11 is 0. The maximum Gasteiger partial charge on any atom is 0.332 e. The molecule has 0 amide bonds. The number of hydrogen-bond donors (Lipinski definition) is 1. The second-order valence-corrected chi connectivity index (χ2v) is 5.30. The second kappa shape index (κ2) is 5.25. The lowest BCUT2D eigenvalue weighted by atomic mass is 10.00. The van der Waals surface area contributed by atoms with Gasteiger partial charge < -0.3 is 14.7 Å². The normalized spacial score (nSPS) is 25.6. The highest BCUT2D eigenvalue weighted by Crippen LogP contribution is 2.29. The SMILES string of the molecule is O=C1CCN(CC2CCC(C(=O)O)O2)c2ccccc21. The fourth-order valence-corrected chi connectivity index (χ4v) is 2.93. The number of nitrogens with zero attached hydrogens (tertiary/aromatic N) is 1. The predicted molar refractivity (Wildman–Crippen MR) is 73.1 cm³/mol. The molecule has 1 saturated heterocycles. The van der Waals surface area contributed by atoms with Gasteiger partial charge in [0.05, 0.1) is 6.10 Å². The monoisotopic (exact) mass is 275 g/mol. The molecule has 1 N–H and O–H groups in total. The molecular weight excluding hydrogens is 258 g/mol. The molecule has 5 heteroatoms. The molecule has 1 aromatic carbocycles. The van der Waals surface area contributed by atoms with E-state index in [-0.39, 0.29) is 11.9 Å². The van der Waals surface area contributed by atoms with Crippen molar-refractivity contribution in [1.82, 2.24) is 0 Å². The second-order valence-electron chi connectivity index (χ2n) is 5.30. The van der Waals surface area contributed by atoms with Crippen LogP contribution in [-0.2, 0) is 9.53 Å². The molecule has 2 heterocycles. The number of rotatable bonds is 3. The Morgan fingerprint density at radius 1 is 1.35 bits per heavy atom. The highest BCUT2D eigenvalue weighted by atomic mass is 16.5. The average Bonchev–Trinajstić information content (AvgIpc) is 2.91. The van der Waals surface area contributed by atoms with Gasteiger partial charge in [-0.1, -0.05) is 12.1 Å². The van der Waals surface area contributed by atoms with Gasteiger partial charge in [0.15, 0.2) is 11.9 Å². The van der Waals surface area contributed by atoms with Crippen LogP contribution in [0, 0.1) is 0 Å². The quantitative estimate of drug-likeness (QED) is 0.909. The Hall–Kier alpha value is -1.88. The number of carbonyl (C=O) groups excluding carboxylic acids is 1. The molecule has 1 fully saturated rings. The van der Waals surface area contributed by atoms with Crippen LogP contribution in [-0.4, -0.2) is 42.2 Å². The van der Waals surface area contributed by atoms with Crippen LogP contribution < -0.4 is 4.90 Å². The van der Waals surface area contributed by atoms with Gasteiger partial charge in [0.2, 0.25) is 0 Å². The molecule has 0 spiro atoms. The topological polar surface area (TPSA) is 66.8 Å². The van der Waals surface area contributed by atoms with E-state index in [4.69, 9.17) is 9.84 Å². The van der Waals surface area contributed by atoms with Crippen LogP contribution in [0.4, 0.5) is 5.69 Å². The Morgan fingerprint density at radius 2 is 2.15 bits per heavy atom. The van der Waals surface area contributed by atoms with Gasteiger partial charge in [0, 0.05) is 30.8 Å². The van der Waals surface area contributed by atoms with E-state index in [1.54, 1.807) is 0 Å². The zero-order valence-corrected chi connectivity index (χ0v) is 11.1. The van der Waals surface area contributed by atoms with Gasteiger partial charge in [-0.15, -0.1) is 0 Å². The van der Waals surface area contributed by atoms with Gasteiger partial charge in [-0.3, -0.25) is 4.79 Å². The summed E-state index contributed by atoms with van der Waals surface area (Å²) in [5.74, 6) is -0.714. The first kappa shape index (κ1) is 13.1. The first-order valence-corrected chi connectivity index (χ1v) is 6.90. The predicted octanol–water partition coefficient (Wildman–Crippen LogP) is 1.71. The first-order valence-electron chi connectivity index (χ1n) is 6.90. The summed E-state index contributed by atoms with van der Waals surface area (Å²) < 4.78 is 5.54. The number of anilines is 1. The Balaban J connectivity index is 1.72. The number of ketones is 1. The van der Waals surface area contributed by atoms with E-state index < -0.39 is 12.1 Å². The lowest BCUT2D eigenvalue weighted by Crippen LogP contribution is -2.38. The van der Waals surface area contributed by atoms with Crippen LogP contribution >= 0.6 is 0 Å². The molecule has 2 atom stereocenters. The molecular formula is C15H17NO4. The van der Waals surface area contributed by atoms with E-state index in [0.717, 1.165) is 17.7 Å². The van der Waals surface area contributed by atoms with E-state index >= 15 is 0 Å². The van der Waals surface area contributed by atoms with Crippen molar-refractivity contribution in [3.8, 4) is 0 Å². The minimum atomic E-state index is -0.887. The fraction of sp³-hybridized carbons (Fsp3) is 0.467. The Morgan fingerprint density at radius 3 is 2.90 bits per heavy atom. The van der Waals surface area contributed by atoms with Crippen molar-refractivity contribution in [1.29, 1.82) is 0 Å². The lowest BCUT2D eigenvalue weighted by molar-refractivity contribution is -0.149. The molecule has 2 unspecified atom stereocenters. The number of carboxylic acid groups (broad SMARTS) is 1. The van der Waals surface area contributed by atoms with E-state index in [2.05, 4.69) is 4.90 Å². The summed E-state index contributed by atoms with van der Waals surface area (Å²) in [6.07, 6.45) is 1.07. The molecule has 0 aromatic heterocycles. The van der Waals surface area contributed by atoms with E-state index in [9.17, 15) is 9.59 Å². The summed E-state index contributed by atoms with van der Waals surface area (Å²) in [6, 6.07) is 7.57. The number of fused-ring (bicyclic) bond motifs is 1. The van der Waals surface area contributed by atoms with Gasteiger partial charge in [0.1, 0.15) is 0 Å². The summed E-state index contributed by atoms with van der Waals surface area (Å²) in [4.78, 5) is 24.9. The van der Waals surface area contributed by atoms with Crippen molar-refractivity contribution in [2.45, 2.75) is 31.5 Å². The number of benzene rings is 1. The van der Waals surface area contributed by atoms with Crippen LogP contribution in [0.25, 0.3) is 0 Å². The molecule has 0 bridgehead atoms. The molecule has 0 aliphatic carbocycles. The van der Waals surface area contributed by atoms with Crippen LogP contribution in [0.5, 0.6) is 0 Å². The van der Waals surface area contributed by atoms with Crippen LogP contribution in [0.3, 0.4) is 0 Å². The molecule has 106 valence electrons. The molecule has 2 aliphatic rings. The van der Waals surface area contributed by atoms with Crippen molar-refractivity contribution in [3.05, 3.63) is 29.8 Å². The number of carbonyl (C=O) groups is 2. The fourth-order valence-electron chi connectivity index (χ4n) is 2.93. The van der Waals surface area contributed by atoms with Gasteiger partial charge in [-0.25, -0.2) is 4.79 Å². The number of hydrogen-bond acceptors (Lipinski definition) is 4. The van der Waals surface area contributed by atoms with Gasteiger partial charge in [-0.05, 0) is 25.0 Å². The van der Waals surface area contributed by atoms with Crippen LogP contribution in [0.15, 0.2) is 24.3 Å². The smallest absolute Gasteiger partial charge is 0.332 e. The van der Waals surface area contributed by atoms with E-state index in [1.807, 2.05) is 24.3 Å². The van der Waals surface area contributed by atoms with Crippen molar-refractivity contribution in [3.63, 3.8) is 0 Å². The largest absolute Gasteiger partial charge is 0.479 e. The lowest BCUT2D eigenvalue weighted by Gasteiger charge is -2.32. The molecule has 1 aromatic rings. The molecule has 3 rings (SSSR count). The Labute approximate surface area is 117 Å². The van der Waals surface area contributed by atoms with Crippen LogP contribution in [0.2, 0.25) is 0 Å². The highest BCUT2D eigenvalue weighted by Gasteiger charge is 2.33. The molecule has 0 radical (unpaired) electrons. The van der Waals surface area contributed by atoms with Crippen molar-refractivity contribution >= 4 is 17.4 Å². The summed E-state index contributed by atoms with van der Waals surface area (Å²) in [7, 11) is 0. The minimum absolute atomic E-state index is 0.0719. The number of aliphatic carboxylic acids is 1. The minimum Gasteiger partial charge on any atom is -0.479 e. The molecule has 2 aliphatic heterocycles. The number of carboxylic acids is 1. The number of para-hydroxylation sites is 1. The third-order valence-corrected chi connectivity index (χ3v) is 3.96. The standard InChI is InChI=1S/C15H17NO4/c17-13-7-8-16(12-4-2-1-3-11(12)13)9-10-5-6-14(20-10)15(18)19/h1-4,10,14H,5-9H2,(H,18,19). The molecule has 5 nitrogen and oxygen atoms in total. The maximum atomic E-state index is 11.9. The maximum absolute atomic E-state index is 11.9. The summed E-state index contributed by atoms with van der Waals surface area (Å²) in [6.45, 7) is 1.32. The third kappa shape index (κ3) is 2.41. The number of ether oxygens (including phenoxy) is 1. The van der Waals surface area contributed by atoms with Crippen molar-refractivity contribution in [2.75, 3.05) is 18.0 Å². The molecule has 0 saturated carbocycles. The highest BCUT2D eigenvalue weighted by molar-refractivity contribution is 6.03. The number of Topliss-reactive ketones (excluding diaryl/α,β-unsaturated/α-hetero) is 1. The van der Waals surface area contributed by atoms with E-state index in [0.29, 0.717) is 25.9 Å². The molecule has 20 heavy (non-hydrogen) atoms. The van der Waals surface area contributed by atoms with Gasteiger partial charge in [-0.2, -0.15) is 0 Å². The van der Waals surface area contributed by atoms with E-state index in [1.165, 1.54) is 0 Å². The zero-order chi connectivity index (χ0) is 14.1. The average molecular weight is 275 g/mol. The first-order chi connectivity index (χ1) is 9.65. The van der Waals surface area contributed by atoms with Crippen LogP contribution in [0.1, 0.15) is 29.6 Å². The van der Waals surface area contributed by atoms with Crippen molar-refractivity contribution in [2.24, 2.45) is 0 Å². The third-order valence-electron chi connectivity index (χ3n) is 3.96. The Kier molecular flexibility index (Phi) is 3.44. The summed E-state index contributed by atoms with van der Waals surface area (Å²) in [5.41, 5.74) is 1.69. The summed E-state index contributed by atoms with van der Waals surface area (Å²) in [5, 5.41) is 8.95. The zero-order valence-electron chi connectivity index (χ0n) is 11.1. The van der Waals surface area contributed by atoms with Crippen molar-refractivity contribution < 1.29 is 19.4 Å². The van der Waals surface area contributed by atoms with Gasteiger partial charge >= 0.3 is 5.97 Å².